The minimum atomic E-state index is -0.833. The van der Waals surface area contributed by atoms with Crippen molar-refractivity contribution in [2.45, 2.75) is 33.2 Å². The molecule has 0 spiro atoms. The van der Waals surface area contributed by atoms with Crippen molar-refractivity contribution in [2.75, 3.05) is 13.2 Å². The van der Waals surface area contributed by atoms with Gasteiger partial charge in [-0.3, -0.25) is 14.4 Å². The molecule has 0 rings (SSSR count). The van der Waals surface area contributed by atoms with E-state index in [-0.39, 0.29) is 69.5 Å². The second-order valence-electron chi connectivity index (χ2n) is 3.07. The second kappa shape index (κ2) is 32.1. The molecule has 0 fully saturated rings. The van der Waals surface area contributed by atoms with Crippen LogP contribution in [0.4, 0.5) is 0 Å². The molecule has 0 aromatic carbocycles. The minimum Gasteiger partial charge on any atom is -1.00 e. The van der Waals surface area contributed by atoms with Crippen LogP contribution in [0.2, 0.25) is 0 Å². The van der Waals surface area contributed by atoms with Crippen LogP contribution in [0.3, 0.4) is 0 Å². The molecule has 11 heteroatoms. The van der Waals surface area contributed by atoms with Gasteiger partial charge in [0.2, 0.25) is 0 Å². The Bertz CT molecular complexity index is 218. The van der Waals surface area contributed by atoms with E-state index in [1.807, 2.05) is 0 Å². The molecule has 0 aromatic heterocycles. The summed E-state index contributed by atoms with van der Waals surface area (Å²) in [5.41, 5.74) is 10.4. The van der Waals surface area contributed by atoms with E-state index in [0.29, 0.717) is 13.0 Å². The second-order valence-corrected chi connectivity index (χ2v) is 3.07. The summed E-state index contributed by atoms with van der Waals surface area (Å²) in [7, 11) is 0. The third-order valence-electron chi connectivity index (χ3n) is 0.803. The van der Waals surface area contributed by atoms with Crippen molar-refractivity contribution < 1.29 is 68.6 Å². The maximum Gasteiger partial charge on any atom is 2.00 e. The van der Waals surface area contributed by atoms with Crippen molar-refractivity contribution in [1.82, 2.24) is 0 Å². The molecule has 1 atom stereocenters. The zero-order valence-corrected chi connectivity index (χ0v) is 16.5. The topological polar surface area (TPSA) is 184 Å². The number of nitrogens with two attached hydrogens (primary N) is 2. The summed E-state index contributed by atoms with van der Waals surface area (Å²) >= 11 is 0. The fourth-order valence-corrected chi connectivity index (χ4v) is 0.284. The summed E-state index contributed by atoms with van der Waals surface area (Å²) in [5.74, 6) is -2.50. The number of aliphatic hydroxyl groups excluding tert-OH is 1. The van der Waals surface area contributed by atoms with E-state index in [2.05, 4.69) is 0 Å². The van der Waals surface area contributed by atoms with Crippen molar-refractivity contribution in [3.05, 3.63) is 0 Å². The molecule has 122 valence electrons. The van der Waals surface area contributed by atoms with E-state index in [1.54, 1.807) is 0 Å². The largest absolute Gasteiger partial charge is 2.00 e. The van der Waals surface area contributed by atoms with Gasteiger partial charge in [0.25, 0.3) is 17.9 Å². The number of hydrogen-bond acceptors (Lipinski definition) is 6. The molecule has 0 saturated heterocycles. The maximum absolute atomic E-state index is 9.00. The summed E-state index contributed by atoms with van der Waals surface area (Å²) in [5, 5.41) is 30.5. The fraction of sp³-hybridized carbons (Fsp3) is 0.700. The van der Waals surface area contributed by atoms with E-state index in [4.69, 9.17) is 46.3 Å². The molecule has 0 amide bonds. The van der Waals surface area contributed by atoms with Gasteiger partial charge in [0.1, 0.15) is 0 Å². The number of aliphatic hydroxyl groups is 1. The first-order valence-electron chi connectivity index (χ1n) is 5.16. The van der Waals surface area contributed by atoms with Crippen LogP contribution in [0.1, 0.15) is 31.5 Å². The van der Waals surface area contributed by atoms with Crippen molar-refractivity contribution in [1.29, 1.82) is 0 Å². The van der Waals surface area contributed by atoms with Crippen LogP contribution in [0.25, 0.3) is 0 Å². The van der Waals surface area contributed by atoms with Gasteiger partial charge in [-0.05, 0) is 6.42 Å². The van der Waals surface area contributed by atoms with Crippen LogP contribution >= 0.6 is 0 Å². The SMILES string of the molecule is CC(=O)O.CC(=O)O.CC(=O)O.NCC(N)CCO.[H-].[H-].[H-].[Mg+2].[Na+]. The molecule has 0 saturated carbocycles. The number of carboxylic acid groups (broad SMARTS) is 3. The first-order valence-corrected chi connectivity index (χ1v) is 5.16. The Morgan fingerprint density at radius 1 is 1.00 bits per heavy atom. The number of hydrogen-bond donors (Lipinski definition) is 6. The third kappa shape index (κ3) is 256. The fourth-order valence-electron chi connectivity index (χ4n) is 0.284. The van der Waals surface area contributed by atoms with Crippen molar-refractivity contribution >= 4 is 41.0 Å². The van der Waals surface area contributed by atoms with Gasteiger partial charge in [-0.25, -0.2) is 0 Å². The maximum atomic E-state index is 9.00. The molecule has 21 heavy (non-hydrogen) atoms. The Kier molecular flexibility index (Phi) is 57.2. The summed E-state index contributed by atoms with van der Waals surface area (Å²) < 4.78 is 0. The van der Waals surface area contributed by atoms with E-state index in [9.17, 15) is 0 Å². The van der Waals surface area contributed by atoms with Gasteiger partial charge in [-0.2, -0.15) is 0 Å². The zero-order valence-electron chi connectivity index (χ0n) is 16.1. The van der Waals surface area contributed by atoms with Gasteiger partial charge in [-0.15, -0.1) is 0 Å². The monoisotopic (exact) mass is 334 g/mol. The van der Waals surface area contributed by atoms with Gasteiger partial charge in [0.15, 0.2) is 0 Å². The molecule has 0 aromatic rings. The molecule has 9 nitrogen and oxygen atoms in total. The average molecular weight is 335 g/mol. The molecule has 0 aliphatic rings. The summed E-state index contributed by atoms with van der Waals surface area (Å²) in [4.78, 5) is 27.0. The molecular formula is C10H27MgN2NaO7. The van der Waals surface area contributed by atoms with Gasteiger partial charge in [0.05, 0.1) is 0 Å². The molecule has 0 aliphatic carbocycles. The molecule has 8 N–H and O–H groups in total. The number of carbonyl (C=O) groups is 3. The summed E-state index contributed by atoms with van der Waals surface area (Å²) in [6, 6.07) is -0.0231. The Morgan fingerprint density at radius 3 is 1.24 bits per heavy atom. The molecule has 0 heterocycles. The minimum absolute atomic E-state index is 0. The number of carboxylic acids is 3. The quantitative estimate of drug-likeness (QED) is 0.279. The van der Waals surface area contributed by atoms with Crippen LogP contribution in [0, 0.1) is 0 Å². The Morgan fingerprint density at radius 2 is 1.19 bits per heavy atom. The zero-order chi connectivity index (χ0) is 16.4. The summed E-state index contributed by atoms with van der Waals surface area (Å²) in [6.45, 7) is 3.85. The van der Waals surface area contributed by atoms with Gasteiger partial charge >= 0.3 is 52.6 Å². The van der Waals surface area contributed by atoms with Crippen LogP contribution < -0.4 is 41.0 Å². The molecule has 0 radical (unpaired) electrons. The molecule has 0 bridgehead atoms. The standard InChI is InChI=1S/C4H12N2O.3C2H4O2.Mg.Na.3H/c5-3-4(6)1-2-7;3*1-2(3)4;;;;;/h4,7H,1-3,5-6H2;3*1H3,(H,3,4);;;;;/q;;;;+2;+1;3*-1. The Balaban J connectivity index is -0.0000000172. The normalized spacial score (nSPS) is 8.29. The number of aliphatic carboxylic acids is 3. The van der Waals surface area contributed by atoms with Crippen LogP contribution in [0.5, 0.6) is 0 Å². The Hall–Kier alpha value is 0.0562. The van der Waals surface area contributed by atoms with Crippen LogP contribution in [-0.2, 0) is 14.4 Å². The van der Waals surface area contributed by atoms with Gasteiger partial charge in [-0.1, -0.05) is 0 Å². The van der Waals surface area contributed by atoms with Gasteiger partial charge in [0, 0.05) is 40.0 Å². The van der Waals surface area contributed by atoms with Crippen molar-refractivity contribution in [3.8, 4) is 0 Å². The van der Waals surface area contributed by atoms with E-state index >= 15 is 0 Å². The van der Waals surface area contributed by atoms with Crippen molar-refractivity contribution in [2.24, 2.45) is 11.5 Å². The van der Waals surface area contributed by atoms with Crippen LogP contribution in [0.15, 0.2) is 0 Å². The predicted molar refractivity (Wildman–Crippen MR) is 77.8 cm³/mol. The molecule has 1 unspecified atom stereocenters. The third-order valence-corrected chi connectivity index (χ3v) is 0.803. The first kappa shape index (κ1) is 37.4. The van der Waals surface area contributed by atoms with Crippen molar-refractivity contribution in [3.63, 3.8) is 0 Å². The average Bonchev–Trinajstić information content (AvgIpc) is 2.15. The molecular weight excluding hydrogens is 307 g/mol. The van der Waals surface area contributed by atoms with E-state index < -0.39 is 17.9 Å². The molecule has 0 aliphatic heterocycles. The predicted octanol–water partition coefficient (Wildman–Crippen LogP) is -4.11. The van der Waals surface area contributed by atoms with Crippen LogP contribution in [-0.4, -0.2) is 80.6 Å². The number of rotatable bonds is 3. The van der Waals surface area contributed by atoms with E-state index in [0.717, 1.165) is 20.8 Å². The van der Waals surface area contributed by atoms with E-state index in [1.165, 1.54) is 0 Å². The summed E-state index contributed by atoms with van der Waals surface area (Å²) in [6.07, 6.45) is 0.608. The first-order chi connectivity index (χ1) is 8.50. The van der Waals surface area contributed by atoms with Gasteiger partial charge < -0.3 is 36.2 Å². The Labute approximate surface area is 167 Å². The smallest absolute Gasteiger partial charge is 1.00 e.